The van der Waals surface area contributed by atoms with Crippen molar-refractivity contribution in [2.75, 3.05) is 11.6 Å². The number of amides is 1. The van der Waals surface area contributed by atoms with Crippen molar-refractivity contribution in [1.82, 2.24) is 5.32 Å². The number of thioether (sulfide) groups is 1. The lowest BCUT2D eigenvalue weighted by atomic mass is 10.7. The summed E-state index contributed by atoms with van der Waals surface area (Å²) in [6.45, 7) is 1.44. The van der Waals surface area contributed by atoms with E-state index in [-0.39, 0.29) is 5.91 Å². The van der Waals surface area contributed by atoms with Crippen molar-refractivity contribution in [2.24, 2.45) is 0 Å². The lowest BCUT2D eigenvalue weighted by Gasteiger charge is -1.95. The van der Waals surface area contributed by atoms with Gasteiger partial charge in [-0.05, 0) is 0 Å². The first-order valence-corrected chi connectivity index (χ1v) is 3.60. The van der Waals surface area contributed by atoms with Crippen LogP contribution >= 0.6 is 11.8 Å². The zero-order valence-corrected chi connectivity index (χ0v) is 5.96. The summed E-state index contributed by atoms with van der Waals surface area (Å²) in [7, 11) is 0. The third-order valence-corrected chi connectivity index (χ3v) is 1.25. The second-order valence-corrected chi connectivity index (χ2v) is 2.36. The monoisotopic (exact) mass is 146 g/mol. The zero-order valence-electron chi connectivity index (χ0n) is 5.14. The molecule has 0 atom stereocenters. The highest BCUT2D eigenvalue weighted by atomic mass is 32.2. The zero-order chi connectivity index (χ0) is 7.11. The molecule has 1 N–H and O–H groups in total. The van der Waals surface area contributed by atoms with Crippen molar-refractivity contribution in [3.05, 3.63) is 0 Å². The molecule has 4 heteroatoms. The molecule has 9 heavy (non-hydrogen) atoms. The van der Waals surface area contributed by atoms with E-state index in [1.807, 2.05) is 0 Å². The topological polar surface area (TPSA) is 46.2 Å². The Labute approximate surface area is 58.2 Å². The number of carbonyl (C=O) groups excluding carboxylic acids is 2. The van der Waals surface area contributed by atoms with E-state index in [1.54, 1.807) is 6.29 Å². The highest BCUT2D eigenvalue weighted by Crippen LogP contribution is 1.91. The predicted molar refractivity (Wildman–Crippen MR) is 36.8 cm³/mol. The van der Waals surface area contributed by atoms with Gasteiger partial charge in [0.25, 0.3) is 0 Å². The van der Waals surface area contributed by atoms with E-state index in [1.165, 1.54) is 18.7 Å². The normalized spacial score (nSPS) is 8.56. The van der Waals surface area contributed by atoms with Gasteiger partial charge in [-0.25, -0.2) is 0 Å². The first kappa shape index (κ1) is 8.49. The Kier molecular flexibility index (Phi) is 5.30. The maximum absolute atomic E-state index is 10.2. The Morgan fingerprint density at radius 1 is 1.78 bits per heavy atom. The van der Waals surface area contributed by atoms with Crippen molar-refractivity contribution in [2.45, 2.75) is 6.92 Å². The van der Waals surface area contributed by atoms with E-state index in [0.29, 0.717) is 11.6 Å². The number of carbonyl (C=O) groups is 1. The van der Waals surface area contributed by atoms with Crippen LogP contribution in [0.4, 0.5) is 0 Å². The third kappa shape index (κ3) is 7.49. The lowest BCUT2D eigenvalue weighted by molar-refractivity contribution is -0.118. The second kappa shape index (κ2) is 5.62. The average molecular weight is 146 g/mol. The second-order valence-electron chi connectivity index (χ2n) is 1.37. The van der Waals surface area contributed by atoms with Crippen LogP contribution in [0.1, 0.15) is 6.92 Å². The van der Waals surface area contributed by atoms with Gasteiger partial charge < -0.3 is 5.32 Å². The van der Waals surface area contributed by atoms with Crippen LogP contribution < -0.4 is 5.32 Å². The summed E-state index contributed by atoms with van der Waals surface area (Å²) in [5.74, 6) is 0.735. The maximum atomic E-state index is 10.2. The molecular formula is C5H8NO2S. The Morgan fingerprint density at radius 2 is 2.44 bits per heavy atom. The molecule has 51 valence electrons. The molecule has 0 aromatic carbocycles. The number of hydrogen-bond acceptors (Lipinski definition) is 3. The highest BCUT2D eigenvalue weighted by molar-refractivity contribution is 7.99. The molecule has 0 aromatic rings. The Morgan fingerprint density at radius 3 is 2.89 bits per heavy atom. The van der Waals surface area contributed by atoms with Crippen LogP contribution in [-0.4, -0.2) is 23.8 Å². The van der Waals surface area contributed by atoms with Crippen LogP contribution in [-0.2, 0) is 9.59 Å². The quantitative estimate of drug-likeness (QED) is 0.446. The van der Waals surface area contributed by atoms with Gasteiger partial charge in [-0.15, -0.1) is 11.8 Å². The number of nitrogens with one attached hydrogen (secondary N) is 1. The van der Waals surface area contributed by atoms with Crippen LogP contribution in [0.3, 0.4) is 0 Å². The SMILES string of the molecule is CC(=O)NCSC[C]=O. The minimum Gasteiger partial charge on any atom is -0.347 e. The molecule has 0 heterocycles. The van der Waals surface area contributed by atoms with Crippen LogP contribution in [0.5, 0.6) is 0 Å². The first-order valence-electron chi connectivity index (χ1n) is 2.44. The van der Waals surface area contributed by atoms with Gasteiger partial charge in [0.2, 0.25) is 12.2 Å². The van der Waals surface area contributed by atoms with Crippen molar-refractivity contribution in [3.8, 4) is 0 Å². The van der Waals surface area contributed by atoms with E-state index < -0.39 is 0 Å². The van der Waals surface area contributed by atoms with E-state index in [0.717, 1.165) is 0 Å². The van der Waals surface area contributed by atoms with Gasteiger partial charge in [-0.3, -0.25) is 9.59 Å². The molecule has 0 aromatic heterocycles. The van der Waals surface area contributed by atoms with Crippen LogP contribution in [0, 0.1) is 0 Å². The minimum absolute atomic E-state index is 0.0756. The molecule has 0 saturated heterocycles. The van der Waals surface area contributed by atoms with Crippen LogP contribution in [0.25, 0.3) is 0 Å². The van der Waals surface area contributed by atoms with Crippen LogP contribution in [0.2, 0.25) is 0 Å². The van der Waals surface area contributed by atoms with Gasteiger partial charge in [0.05, 0.1) is 11.6 Å². The fourth-order valence-electron chi connectivity index (χ4n) is 0.245. The summed E-state index contributed by atoms with van der Waals surface area (Å²) in [6, 6.07) is 0. The Hall–Kier alpha value is -0.510. The van der Waals surface area contributed by atoms with E-state index in [9.17, 15) is 9.59 Å². The van der Waals surface area contributed by atoms with Crippen molar-refractivity contribution in [1.29, 1.82) is 0 Å². The molecule has 0 aliphatic heterocycles. The van der Waals surface area contributed by atoms with E-state index >= 15 is 0 Å². The summed E-state index contributed by atoms with van der Waals surface area (Å²) in [6.07, 6.45) is 1.70. The molecule has 0 aliphatic carbocycles. The number of hydrogen-bond donors (Lipinski definition) is 1. The lowest BCUT2D eigenvalue weighted by Crippen LogP contribution is -2.18. The van der Waals surface area contributed by atoms with Crippen molar-refractivity contribution in [3.63, 3.8) is 0 Å². The van der Waals surface area contributed by atoms with Gasteiger partial charge in [0.1, 0.15) is 0 Å². The Balaban J connectivity index is 2.91. The molecule has 3 nitrogen and oxygen atoms in total. The van der Waals surface area contributed by atoms with E-state index in [2.05, 4.69) is 5.32 Å². The largest absolute Gasteiger partial charge is 0.347 e. The standard InChI is InChI=1S/C5H8NO2S/c1-5(8)6-4-9-3-2-7/h3-4H2,1H3,(H,6,8). The molecule has 1 radical (unpaired) electrons. The predicted octanol–water partition coefficient (Wildman–Crippen LogP) is -0.0771. The van der Waals surface area contributed by atoms with Gasteiger partial charge >= 0.3 is 0 Å². The molecule has 0 rings (SSSR count). The summed E-state index contributed by atoms with van der Waals surface area (Å²) in [5.41, 5.74) is 0. The average Bonchev–Trinajstić information content (AvgIpc) is 1.80. The first-order chi connectivity index (χ1) is 4.27. The van der Waals surface area contributed by atoms with Crippen molar-refractivity contribution >= 4 is 24.0 Å². The summed E-state index contributed by atoms with van der Waals surface area (Å²) in [4.78, 5) is 19.8. The number of rotatable bonds is 4. The molecule has 0 spiro atoms. The molecule has 0 bridgehead atoms. The van der Waals surface area contributed by atoms with Gasteiger partial charge in [0.15, 0.2) is 0 Å². The fourth-order valence-corrected chi connectivity index (χ4v) is 0.736. The molecule has 0 aliphatic rings. The van der Waals surface area contributed by atoms with Crippen molar-refractivity contribution < 1.29 is 9.59 Å². The van der Waals surface area contributed by atoms with Gasteiger partial charge in [-0.1, -0.05) is 0 Å². The highest BCUT2D eigenvalue weighted by Gasteiger charge is 1.88. The Bertz CT molecular complexity index is 105. The summed E-state index contributed by atoms with van der Waals surface area (Å²) >= 11 is 1.33. The van der Waals surface area contributed by atoms with Gasteiger partial charge in [0, 0.05) is 6.92 Å². The fraction of sp³-hybridized carbons (Fsp3) is 0.600. The molecule has 1 amide bonds. The summed E-state index contributed by atoms with van der Waals surface area (Å²) < 4.78 is 0. The smallest absolute Gasteiger partial charge is 0.217 e. The molecular weight excluding hydrogens is 138 g/mol. The van der Waals surface area contributed by atoms with E-state index in [4.69, 9.17) is 0 Å². The minimum atomic E-state index is -0.0756. The molecule has 0 saturated carbocycles. The maximum Gasteiger partial charge on any atom is 0.217 e. The molecule has 0 unspecified atom stereocenters. The van der Waals surface area contributed by atoms with Crippen LogP contribution in [0.15, 0.2) is 0 Å². The van der Waals surface area contributed by atoms with Gasteiger partial charge in [-0.2, -0.15) is 0 Å². The summed E-state index contributed by atoms with van der Waals surface area (Å²) in [5, 5.41) is 2.53. The molecule has 0 fully saturated rings. The third-order valence-electron chi connectivity index (χ3n) is 0.584.